The molecule has 1 amide bonds. The van der Waals surface area contributed by atoms with E-state index in [0.717, 1.165) is 12.8 Å². The van der Waals surface area contributed by atoms with Gasteiger partial charge in [0, 0.05) is 6.04 Å². The lowest BCUT2D eigenvalue weighted by Crippen LogP contribution is -2.37. The third-order valence-corrected chi connectivity index (χ3v) is 1.50. The van der Waals surface area contributed by atoms with Crippen molar-refractivity contribution in [2.45, 2.75) is 45.3 Å². The van der Waals surface area contributed by atoms with Gasteiger partial charge < -0.3 is 10.1 Å². The van der Waals surface area contributed by atoms with E-state index in [9.17, 15) is 9.59 Å². The minimum atomic E-state index is -0.792. The van der Waals surface area contributed by atoms with Crippen LogP contribution < -0.4 is 5.32 Å². The number of ether oxygens (including phenoxy) is 1. The van der Waals surface area contributed by atoms with Crippen molar-refractivity contribution in [3.8, 4) is 0 Å². The Morgan fingerprint density at radius 1 is 1.31 bits per heavy atom. The number of esters is 1. The molecule has 1 N–H and O–H groups in total. The summed E-state index contributed by atoms with van der Waals surface area (Å²) in [4.78, 5) is 22.2. The molecule has 0 aromatic carbocycles. The third kappa shape index (κ3) is 3.92. The highest BCUT2D eigenvalue weighted by Gasteiger charge is 2.29. The number of carbonyl (C=O) groups excluding carboxylic acids is 2. The van der Waals surface area contributed by atoms with Gasteiger partial charge in [0.15, 0.2) is 0 Å². The molecule has 0 aromatic heterocycles. The second-order valence-electron chi connectivity index (χ2n) is 4.25. The number of hydrogen-bond acceptors (Lipinski definition) is 3. The van der Waals surface area contributed by atoms with E-state index >= 15 is 0 Å². The van der Waals surface area contributed by atoms with Gasteiger partial charge in [-0.1, -0.05) is 0 Å². The van der Waals surface area contributed by atoms with Crippen molar-refractivity contribution < 1.29 is 14.3 Å². The predicted molar refractivity (Wildman–Crippen MR) is 47.0 cm³/mol. The fourth-order valence-corrected chi connectivity index (χ4v) is 0.796. The lowest BCUT2D eigenvalue weighted by atomic mass is 10.2. The highest BCUT2D eigenvalue weighted by Crippen LogP contribution is 2.18. The Bertz CT molecular complexity index is 226. The molecule has 0 saturated heterocycles. The molecule has 4 heteroatoms. The Hall–Kier alpha value is -1.06. The highest BCUT2D eigenvalue weighted by molar-refractivity contribution is 6.32. The average Bonchev–Trinajstić information content (AvgIpc) is 2.67. The lowest BCUT2D eigenvalue weighted by Gasteiger charge is -2.18. The molecule has 0 spiro atoms. The summed E-state index contributed by atoms with van der Waals surface area (Å²) in [5.74, 6) is -1.42. The first kappa shape index (κ1) is 10.0. The van der Waals surface area contributed by atoms with Crippen LogP contribution in [0.5, 0.6) is 0 Å². The Labute approximate surface area is 77.6 Å². The van der Waals surface area contributed by atoms with E-state index < -0.39 is 17.5 Å². The van der Waals surface area contributed by atoms with Crippen molar-refractivity contribution in [1.82, 2.24) is 5.32 Å². The summed E-state index contributed by atoms with van der Waals surface area (Å²) in [5, 5.41) is 2.56. The monoisotopic (exact) mass is 185 g/mol. The number of carbonyl (C=O) groups is 2. The Morgan fingerprint density at radius 3 is 2.23 bits per heavy atom. The summed E-state index contributed by atoms with van der Waals surface area (Å²) in [6, 6.07) is 0.194. The molecule has 74 valence electrons. The van der Waals surface area contributed by atoms with Crippen LogP contribution in [0.2, 0.25) is 0 Å². The van der Waals surface area contributed by atoms with Crippen LogP contribution in [-0.2, 0) is 14.3 Å². The first-order valence-electron chi connectivity index (χ1n) is 4.42. The molecular formula is C9H15NO3. The van der Waals surface area contributed by atoms with E-state index in [-0.39, 0.29) is 6.04 Å². The average molecular weight is 185 g/mol. The molecule has 1 rings (SSSR count). The molecule has 0 aliphatic heterocycles. The Balaban J connectivity index is 2.33. The molecule has 0 unspecified atom stereocenters. The molecule has 0 aromatic rings. The maximum Gasteiger partial charge on any atom is 0.397 e. The normalized spacial score (nSPS) is 16.5. The van der Waals surface area contributed by atoms with Gasteiger partial charge in [-0.15, -0.1) is 0 Å². The quantitative estimate of drug-likeness (QED) is 0.481. The third-order valence-electron chi connectivity index (χ3n) is 1.50. The molecular weight excluding hydrogens is 170 g/mol. The summed E-state index contributed by atoms with van der Waals surface area (Å²) in [6.45, 7) is 5.19. The van der Waals surface area contributed by atoms with Crippen molar-refractivity contribution in [1.29, 1.82) is 0 Å². The Kier molecular flexibility index (Phi) is 2.59. The Morgan fingerprint density at radius 2 is 1.85 bits per heavy atom. The molecule has 1 fully saturated rings. The van der Waals surface area contributed by atoms with Crippen LogP contribution in [0.25, 0.3) is 0 Å². The minimum absolute atomic E-state index is 0.194. The zero-order valence-electron chi connectivity index (χ0n) is 8.22. The first-order valence-corrected chi connectivity index (χ1v) is 4.42. The number of amides is 1. The molecule has 1 aliphatic rings. The van der Waals surface area contributed by atoms with Crippen LogP contribution in [0.4, 0.5) is 0 Å². The molecule has 0 heterocycles. The van der Waals surface area contributed by atoms with Gasteiger partial charge in [-0.2, -0.15) is 0 Å². The van der Waals surface area contributed by atoms with Gasteiger partial charge in [-0.3, -0.25) is 4.79 Å². The van der Waals surface area contributed by atoms with Crippen LogP contribution in [0, 0.1) is 0 Å². The maximum atomic E-state index is 11.1. The number of nitrogens with one attached hydrogen (secondary N) is 1. The van der Waals surface area contributed by atoms with E-state index in [2.05, 4.69) is 5.32 Å². The second-order valence-corrected chi connectivity index (χ2v) is 4.25. The van der Waals surface area contributed by atoms with E-state index in [1.54, 1.807) is 20.8 Å². The first-order chi connectivity index (χ1) is 5.88. The molecule has 13 heavy (non-hydrogen) atoms. The SMILES string of the molecule is CC(C)(C)OC(=O)C(=O)NC1CC1. The summed E-state index contributed by atoms with van der Waals surface area (Å²) in [7, 11) is 0. The topological polar surface area (TPSA) is 55.4 Å². The van der Waals surface area contributed by atoms with Crippen molar-refractivity contribution in [3.05, 3.63) is 0 Å². The van der Waals surface area contributed by atoms with E-state index in [0.29, 0.717) is 0 Å². The fourth-order valence-electron chi connectivity index (χ4n) is 0.796. The second kappa shape index (κ2) is 3.36. The van der Waals surface area contributed by atoms with Crippen LogP contribution in [0.1, 0.15) is 33.6 Å². The van der Waals surface area contributed by atoms with Crippen LogP contribution in [0.3, 0.4) is 0 Å². The largest absolute Gasteiger partial charge is 0.453 e. The molecule has 4 nitrogen and oxygen atoms in total. The van der Waals surface area contributed by atoms with Crippen molar-refractivity contribution >= 4 is 11.9 Å². The van der Waals surface area contributed by atoms with Gasteiger partial charge >= 0.3 is 11.9 Å². The highest BCUT2D eigenvalue weighted by atomic mass is 16.6. The smallest absolute Gasteiger partial charge is 0.397 e. The lowest BCUT2D eigenvalue weighted by molar-refractivity contribution is -0.163. The van der Waals surface area contributed by atoms with E-state index in [1.807, 2.05) is 0 Å². The van der Waals surface area contributed by atoms with Gasteiger partial charge in [0.2, 0.25) is 0 Å². The van der Waals surface area contributed by atoms with Crippen LogP contribution in [0.15, 0.2) is 0 Å². The summed E-state index contributed by atoms with van der Waals surface area (Å²) in [6.07, 6.45) is 1.93. The fraction of sp³-hybridized carbons (Fsp3) is 0.778. The molecule has 0 atom stereocenters. The van der Waals surface area contributed by atoms with E-state index in [4.69, 9.17) is 4.74 Å². The van der Waals surface area contributed by atoms with Crippen LogP contribution in [-0.4, -0.2) is 23.5 Å². The number of hydrogen-bond donors (Lipinski definition) is 1. The molecule has 1 aliphatic carbocycles. The van der Waals surface area contributed by atoms with Gasteiger partial charge in [0.05, 0.1) is 0 Å². The zero-order valence-corrected chi connectivity index (χ0v) is 8.22. The zero-order chi connectivity index (χ0) is 10.1. The van der Waals surface area contributed by atoms with Gasteiger partial charge in [-0.25, -0.2) is 4.79 Å². The minimum Gasteiger partial charge on any atom is -0.453 e. The number of rotatable bonds is 1. The van der Waals surface area contributed by atoms with Gasteiger partial charge in [0.25, 0.3) is 0 Å². The molecule has 0 bridgehead atoms. The van der Waals surface area contributed by atoms with Crippen molar-refractivity contribution in [2.75, 3.05) is 0 Å². The summed E-state index contributed by atoms with van der Waals surface area (Å²) >= 11 is 0. The molecule has 0 radical (unpaired) electrons. The molecule has 1 saturated carbocycles. The summed E-state index contributed by atoms with van der Waals surface area (Å²) in [5.41, 5.74) is -0.599. The van der Waals surface area contributed by atoms with Gasteiger partial charge in [-0.05, 0) is 33.6 Å². The van der Waals surface area contributed by atoms with Crippen molar-refractivity contribution in [2.24, 2.45) is 0 Å². The standard InChI is InChI=1S/C9H15NO3/c1-9(2,3)13-8(12)7(11)10-6-4-5-6/h6H,4-5H2,1-3H3,(H,10,11). The maximum absolute atomic E-state index is 11.1. The van der Waals surface area contributed by atoms with Gasteiger partial charge in [0.1, 0.15) is 5.60 Å². The predicted octanol–water partition coefficient (Wildman–Crippen LogP) is 0.607. The summed E-state index contributed by atoms with van der Waals surface area (Å²) < 4.78 is 4.88. The van der Waals surface area contributed by atoms with E-state index in [1.165, 1.54) is 0 Å². The van der Waals surface area contributed by atoms with Crippen LogP contribution >= 0.6 is 0 Å². The van der Waals surface area contributed by atoms with Crippen molar-refractivity contribution in [3.63, 3.8) is 0 Å².